The Morgan fingerprint density at radius 1 is 1.26 bits per heavy atom. The lowest BCUT2D eigenvalue weighted by Crippen LogP contribution is -2.42. The number of ketones is 1. The number of nitrogens with zero attached hydrogens (tertiary/aromatic N) is 1. The maximum absolute atomic E-state index is 12.2. The number of carbonyl (C=O) groups excluding carboxylic acids is 2. The SMILES string of the molecule is CC1(C)CC(=O)CN1C(=O)CCCc1ccccc1. The molecule has 3 heteroatoms. The number of amides is 1. The molecule has 0 saturated carbocycles. The molecule has 19 heavy (non-hydrogen) atoms. The van der Waals surface area contributed by atoms with Crippen LogP contribution in [-0.4, -0.2) is 28.7 Å². The Morgan fingerprint density at radius 2 is 1.95 bits per heavy atom. The first-order chi connectivity index (χ1) is 8.99. The van der Waals surface area contributed by atoms with Crippen molar-refractivity contribution in [1.82, 2.24) is 4.90 Å². The van der Waals surface area contributed by atoms with Crippen molar-refractivity contribution in [2.45, 2.75) is 45.1 Å². The van der Waals surface area contributed by atoms with Gasteiger partial charge in [-0.2, -0.15) is 0 Å². The number of hydrogen-bond donors (Lipinski definition) is 0. The summed E-state index contributed by atoms with van der Waals surface area (Å²) >= 11 is 0. The van der Waals surface area contributed by atoms with Gasteiger partial charge in [0.1, 0.15) is 0 Å². The van der Waals surface area contributed by atoms with Crippen LogP contribution in [0.4, 0.5) is 0 Å². The molecule has 3 nitrogen and oxygen atoms in total. The lowest BCUT2D eigenvalue weighted by molar-refractivity contribution is -0.135. The third-order valence-corrected chi connectivity index (χ3v) is 3.69. The van der Waals surface area contributed by atoms with Crippen molar-refractivity contribution in [3.05, 3.63) is 35.9 Å². The Balaban J connectivity index is 1.83. The molecule has 0 spiro atoms. The average molecular weight is 259 g/mol. The molecule has 1 heterocycles. The molecule has 0 aliphatic carbocycles. The average Bonchev–Trinajstić information content (AvgIpc) is 2.64. The number of rotatable bonds is 4. The second-order valence-electron chi connectivity index (χ2n) is 5.85. The number of benzene rings is 1. The number of likely N-dealkylation sites (tertiary alicyclic amines) is 1. The van der Waals surface area contributed by atoms with Crippen LogP contribution in [0.25, 0.3) is 0 Å². The standard InChI is InChI=1S/C16H21NO2/c1-16(2)11-14(18)12-17(16)15(19)10-6-9-13-7-4-3-5-8-13/h3-5,7-8H,6,9-12H2,1-2H3. The number of Topliss-reactive ketones (excluding diaryl/α,β-unsaturated/α-hetero) is 1. The van der Waals surface area contributed by atoms with E-state index >= 15 is 0 Å². The zero-order valence-electron chi connectivity index (χ0n) is 11.7. The summed E-state index contributed by atoms with van der Waals surface area (Å²) in [6.45, 7) is 4.22. The van der Waals surface area contributed by atoms with Gasteiger partial charge in [-0.15, -0.1) is 0 Å². The van der Waals surface area contributed by atoms with E-state index in [1.165, 1.54) is 5.56 Å². The quantitative estimate of drug-likeness (QED) is 0.833. The van der Waals surface area contributed by atoms with Crippen LogP contribution in [0, 0.1) is 0 Å². The van der Waals surface area contributed by atoms with Crippen LogP contribution >= 0.6 is 0 Å². The Hall–Kier alpha value is -1.64. The summed E-state index contributed by atoms with van der Waals surface area (Å²) in [4.78, 5) is 25.4. The second kappa shape index (κ2) is 5.55. The van der Waals surface area contributed by atoms with E-state index in [9.17, 15) is 9.59 Å². The van der Waals surface area contributed by atoms with Crippen LogP contribution in [-0.2, 0) is 16.0 Å². The largest absolute Gasteiger partial charge is 0.330 e. The summed E-state index contributed by atoms with van der Waals surface area (Å²) in [6.07, 6.45) is 2.75. The lowest BCUT2D eigenvalue weighted by Gasteiger charge is -2.30. The van der Waals surface area contributed by atoms with Crippen LogP contribution in [0.1, 0.15) is 38.7 Å². The molecular weight excluding hydrogens is 238 g/mol. The highest BCUT2D eigenvalue weighted by Crippen LogP contribution is 2.27. The fraction of sp³-hybridized carbons (Fsp3) is 0.500. The molecule has 0 atom stereocenters. The summed E-state index contributed by atoms with van der Waals surface area (Å²) in [5.74, 6) is 0.271. The maximum atomic E-state index is 12.2. The molecule has 1 aromatic carbocycles. The van der Waals surface area contributed by atoms with Gasteiger partial charge in [-0.3, -0.25) is 9.59 Å². The molecule has 0 N–H and O–H groups in total. The minimum Gasteiger partial charge on any atom is -0.330 e. The molecule has 0 unspecified atom stereocenters. The molecule has 2 rings (SSSR count). The van der Waals surface area contributed by atoms with Gasteiger partial charge in [-0.05, 0) is 32.3 Å². The maximum Gasteiger partial charge on any atom is 0.223 e. The van der Waals surface area contributed by atoms with Gasteiger partial charge in [0.05, 0.1) is 6.54 Å². The third-order valence-electron chi connectivity index (χ3n) is 3.69. The Morgan fingerprint density at radius 3 is 2.53 bits per heavy atom. The molecule has 0 radical (unpaired) electrons. The van der Waals surface area contributed by atoms with Crippen LogP contribution < -0.4 is 0 Å². The monoisotopic (exact) mass is 259 g/mol. The molecule has 0 bridgehead atoms. The Bertz CT molecular complexity index is 465. The summed E-state index contributed by atoms with van der Waals surface area (Å²) in [5.41, 5.74) is 0.952. The highest BCUT2D eigenvalue weighted by molar-refractivity contribution is 5.91. The first-order valence-electron chi connectivity index (χ1n) is 6.85. The summed E-state index contributed by atoms with van der Waals surface area (Å²) < 4.78 is 0. The Labute approximate surface area is 114 Å². The molecule has 1 fully saturated rings. The smallest absolute Gasteiger partial charge is 0.223 e. The predicted octanol–water partition coefficient (Wildman–Crippen LogP) is 2.59. The highest BCUT2D eigenvalue weighted by atomic mass is 16.2. The van der Waals surface area contributed by atoms with E-state index in [2.05, 4.69) is 12.1 Å². The summed E-state index contributed by atoms with van der Waals surface area (Å²) in [6, 6.07) is 10.2. The van der Waals surface area contributed by atoms with Gasteiger partial charge in [-0.1, -0.05) is 30.3 Å². The minimum atomic E-state index is -0.305. The fourth-order valence-electron chi connectivity index (χ4n) is 2.67. The van der Waals surface area contributed by atoms with E-state index in [0.29, 0.717) is 12.8 Å². The van der Waals surface area contributed by atoms with E-state index in [0.717, 1.165) is 12.8 Å². The van der Waals surface area contributed by atoms with Gasteiger partial charge in [0, 0.05) is 18.4 Å². The lowest BCUT2D eigenvalue weighted by atomic mass is 10.0. The van der Waals surface area contributed by atoms with Crippen LogP contribution in [0.3, 0.4) is 0 Å². The third kappa shape index (κ3) is 3.43. The van der Waals surface area contributed by atoms with Crippen LogP contribution in [0.5, 0.6) is 0 Å². The van der Waals surface area contributed by atoms with Crippen molar-refractivity contribution in [3.63, 3.8) is 0 Å². The zero-order chi connectivity index (χ0) is 13.9. The van der Waals surface area contributed by atoms with Crippen molar-refractivity contribution in [2.24, 2.45) is 0 Å². The van der Waals surface area contributed by atoms with E-state index in [1.807, 2.05) is 32.0 Å². The van der Waals surface area contributed by atoms with Crippen molar-refractivity contribution >= 4 is 11.7 Å². The van der Waals surface area contributed by atoms with E-state index < -0.39 is 0 Å². The normalized spacial score (nSPS) is 17.8. The first kappa shape index (κ1) is 13.8. The summed E-state index contributed by atoms with van der Waals surface area (Å²) in [7, 11) is 0. The molecule has 0 aromatic heterocycles. The van der Waals surface area contributed by atoms with Gasteiger partial charge >= 0.3 is 0 Å². The number of hydrogen-bond acceptors (Lipinski definition) is 2. The number of carbonyl (C=O) groups is 2. The summed E-state index contributed by atoms with van der Waals surface area (Å²) in [5, 5.41) is 0. The van der Waals surface area contributed by atoms with Gasteiger partial charge in [0.15, 0.2) is 5.78 Å². The topological polar surface area (TPSA) is 37.4 Å². The van der Waals surface area contributed by atoms with Crippen LogP contribution in [0.2, 0.25) is 0 Å². The van der Waals surface area contributed by atoms with Crippen molar-refractivity contribution in [3.8, 4) is 0 Å². The van der Waals surface area contributed by atoms with Gasteiger partial charge < -0.3 is 4.90 Å². The minimum absolute atomic E-state index is 0.104. The van der Waals surface area contributed by atoms with E-state index in [1.54, 1.807) is 4.90 Å². The molecule has 102 valence electrons. The fourth-order valence-corrected chi connectivity index (χ4v) is 2.67. The predicted molar refractivity (Wildman–Crippen MR) is 74.8 cm³/mol. The zero-order valence-corrected chi connectivity index (χ0v) is 11.7. The van der Waals surface area contributed by atoms with Gasteiger partial charge in [0.2, 0.25) is 5.91 Å². The van der Waals surface area contributed by atoms with Gasteiger partial charge in [0.25, 0.3) is 0 Å². The van der Waals surface area contributed by atoms with Crippen LogP contribution in [0.15, 0.2) is 30.3 Å². The second-order valence-corrected chi connectivity index (χ2v) is 5.85. The highest BCUT2D eigenvalue weighted by Gasteiger charge is 2.39. The number of aryl methyl sites for hydroxylation is 1. The van der Waals surface area contributed by atoms with Gasteiger partial charge in [-0.25, -0.2) is 0 Å². The molecule has 1 amide bonds. The molecule has 1 aliphatic heterocycles. The van der Waals surface area contributed by atoms with E-state index in [4.69, 9.17) is 0 Å². The molecular formula is C16H21NO2. The first-order valence-corrected chi connectivity index (χ1v) is 6.85. The van der Waals surface area contributed by atoms with Crippen molar-refractivity contribution < 1.29 is 9.59 Å². The Kier molecular flexibility index (Phi) is 4.03. The van der Waals surface area contributed by atoms with Crippen molar-refractivity contribution in [1.29, 1.82) is 0 Å². The molecule has 1 aliphatic rings. The molecule has 1 saturated heterocycles. The van der Waals surface area contributed by atoms with E-state index in [-0.39, 0.29) is 23.8 Å². The van der Waals surface area contributed by atoms with Crippen molar-refractivity contribution in [2.75, 3.05) is 6.54 Å². The molecule has 1 aromatic rings.